The molecule has 4 aromatic rings. The Morgan fingerprint density at radius 1 is 1.03 bits per heavy atom. The first-order valence-corrected chi connectivity index (χ1v) is 10.9. The summed E-state index contributed by atoms with van der Waals surface area (Å²) in [5.74, 6) is -0.541. The maximum absolute atomic E-state index is 12.7. The van der Waals surface area contributed by atoms with Gasteiger partial charge in [0.25, 0.3) is 5.91 Å². The molecular formula is C23H23ClN8O2. The van der Waals surface area contributed by atoms with Gasteiger partial charge in [0.05, 0.1) is 22.1 Å². The van der Waals surface area contributed by atoms with E-state index in [1.54, 1.807) is 48.0 Å². The lowest BCUT2D eigenvalue weighted by atomic mass is 10.1. The number of hydrogen-bond donors (Lipinski definition) is 2. The van der Waals surface area contributed by atoms with Crippen LogP contribution in [0.1, 0.15) is 40.3 Å². The van der Waals surface area contributed by atoms with Crippen molar-refractivity contribution >= 4 is 34.8 Å². The highest BCUT2D eigenvalue weighted by atomic mass is 35.5. The highest BCUT2D eigenvalue weighted by molar-refractivity contribution is 6.34. The van der Waals surface area contributed by atoms with Crippen molar-refractivity contribution in [3.63, 3.8) is 0 Å². The van der Waals surface area contributed by atoms with Gasteiger partial charge in [-0.1, -0.05) is 11.6 Å². The molecule has 2 aromatic heterocycles. The minimum atomic E-state index is -0.510. The molecule has 0 saturated carbocycles. The summed E-state index contributed by atoms with van der Waals surface area (Å²) in [5.41, 5.74) is 4.77. The Balaban J connectivity index is 1.44. The Morgan fingerprint density at radius 2 is 1.82 bits per heavy atom. The molecule has 10 nitrogen and oxygen atoms in total. The Hall–Kier alpha value is -4.05. The first-order chi connectivity index (χ1) is 16.2. The van der Waals surface area contributed by atoms with Gasteiger partial charge in [0.1, 0.15) is 12.4 Å². The number of tetrazole rings is 1. The second-order valence-electron chi connectivity index (χ2n) is 7.94. The fourth-order valence-electron chi connectivity index (χ4n) is 3.61. The Morgan fingerprint density at radius 3 is 2.44 bits per heavy atom. The van der Waals surface area contributed by atoms with Gasteiger partial charge in [-0.25, -0.2) is 4.68 Å². The number of carbonyl (C=O) groups excluding carboxylic acids is 2. The summed E-state index contributed by atoms with van der Waals surface area (Å²) in [6, 6.07) is 11.5. The third-order valence-corrected chi connectivity index (χ3v) is 5.64. The number of anilines is 2. The number of hydrogen-bond acceptors (Lipinski definition) is 6. The van der Waals surface area contributed by atoms with E-state index in [1.165, 1.54) is 11.0 Å². The number of aryl methyl sites for hydroxylation is 3. The number of aromatic nitrogens is 6. The largest absolute Gasteiger partial charge is 0.323 e. The normalized spacial score (nSPS) is 11.8. The molecule has 11 heteroatoms. The van der Waals surface area contributed by atoms with Crippen molar-refractivity contribution in [3.8, 4) is 5.69 Å². The molecular weight excluding hydrogens is 456 g/mol. The van der Waals surface area contributed by atoms with Gasteiger partial charge in [0.2, 0.25) is 5.91 Å². The van der Waals surface area contributed by atoms with Crippen LogP contribution < -0.4 is 10.6 Å². The SMILES string of the molecule is Cc1cc(C)n(C(C)C(=O)Nc2ccc(NC(=O)c3ccc(-n4cnnn4)c(C)c3)cc2Cl)n1. The molecule has 2 aromatic carbocycles. The molecule has 1 atom stereocenters. The molecule has 0 spiro atoms. The third kappa shape index (κ3) is 4.81. The summed E-state index contributed by atoms with van der Waals surface area (Å²) in [4.78, 5) is 25.4. The van der Waals surface area contributed by atoms with Gasteiger partial charge in [-0.05, 0) is 86.1 Å². The van der Waals surface area contributed by atoms with Crippen molar-refractivity contribution in [3.05, 3.63) is 76.3 Å². The first kappa shape index (κ1) is 23.1. The monoisotopic (exact) mass is 478 g/mol. The molecule has 4 rings (SSSR count). The number of nitrogens with zero attached hydrogens (tertiary/aromatic N) is 6. The molecule has 2 amide bonds. The van der Waals surface area contributed by atoms with Crippen LogP contribution in [0.5, 0.6) is 0 Å². The topological polar surface area (TPSA) is 120 Å². The second kappa shape index (κ2) is 9.44. The number of carbonyl (C=O) groups is 2. The maximum atomic E-state index is 12.7. The van der Waals surface area contributed by atoms with Crippen molar-refractivity contribution < 1.29 is 9.59 Å². The average Bonchev–Trinajstić information content (AvgIpc) is 3.44. The zero-order valence-corrected chi connectivity index (χ0v) is 19.8. The van der Waals surface area contributed by atoms with Crippen molar-refractivity contribution in [2.75, 3.05) is 10.6 Å². The van der Waals surface area contributed by atoms with E-state index >= 15 is 0 Å². The number of rotatable bonds is 6. The molecule has 1 unspecified atom stereocenters. The Kier molecular flexibility index (Phi) is 6.42. The minimum Gasteiger partial charge on any atom is -0.323 e. The predicted octanol–water partition coefficient (Wildman–Crippen LogP) is 3.89. The summed E-state index contributed by atoms with van der Waals surface area (Å²) < 4.78 is 3.19. The lowest BCUT2D eigenvalue weighted by Gasteiger charge is -2.16. The van der Waals surface area contributed by atoms with E-state index in [4.69, 9.17) is 11.6 Å². The molecule has 2 heterocycles. The van der Waals surface area contributed by atoms with Crippen molar-refractivity contribution in [2.45, 2.75) is 33.7 Å². The van der Waals surface area contributed by atoms with Crippen molar-refractivity contribution in [2.24, 2.45) is 0 Å². The summed E-state index contributed by atoms with van der Waals surface area (Å²) in [6.45, 7) is 7.41. The molecule has 0 bridgehead atoms. The molecule has 0 aliphatic carbocycles. The first-order valence-electron chi connectivity index (χ1n) is 10.5. The van der Waals surface area contributed by atoms with Crippen LogP contribution in [0.2, 0.25) is 5.02 Å². The zero-order valence-electron chi connectivity index (χ0n) is 19.1. The average molecular weight is 479 g/mol. The van der Waals surface area contributed by atoms with E-state index < -0.39 is 6.04 Å². The zero-order chi connectivity index (χ0) is 24.4. The quantitative estimate of drug-likeness (QED) is 0.434. The number of nitrogens with one attached hydrogen (secondary N) is 2. The van der Waals surface area contributed by atoms with E-state index in [0.29, 0.717) is 22.0 Å². The van der Waals surface area contributed by atoms with E-state index in [-0.39, 0.29) is 11.8 Å². The number of halogens is 1. The summed E-state index contributed by atoms with van der Waals surface area (Å²) in [7, 11) is 0. The van der Waals surface area contributed by atoms with Gasteiger partial charge in [0, 0.05) is 16.9 Å². The number of benzene rings is 2. The molecule has 0 aliphatic rings. The van der Waals surface area contributed by atoms with E-state index in [9.17, 15) is 9.59 Å². The fraction of sp³-hybridized carbons (Fsp3) is 0.217. The van der Waals surface area contributed by atoms with E-state index in [0.717, 1.165) is 22.6 Å². The maximum Gasteiger partial charge on any atom is 0.255 e. The molecule has 0 saturated heterocycles. The lowest BCUT2D eigenvalue weighted by Crippen LogP contribution is -2.25. The van der Waals surface area contributed by atoms with Gasteiger partial charge in [-0.2, -0.15) is 5.10 Å². The standard InChI is InChI=1S/C23H23ClN8O2/c1-13-9-17(5-8-21(13)31-12-25-29-30-31)23(34)26-18-6-7-20(19(24)11-18)27-22(33)16(4)32-15(3)10-14(2)28-32/h5-12,16H,1-4H3,(H,26,34)(H,27,33). The molecule has 0 aliphatic heterocycles. The van der Waals surface area contributed by atoms with Crippen LogP contribution in [-0.2, 0) is 4.79 Å². The van der Waals surface area contributed by atoms with Crippen LogP contribution in [0.25, 0.3) is 5.69 Å². The van der Waals surface area contributed by atoms with Gasteiger partial charge < -0.3 is 10.6 Å². The van der Waals surface area contributed by atoms with E-state index in [2.05, 4.69) is 31.3 Å². The highest BCUT2D eigenvalue weighted by Crippen LogP contribution is 2.27. The van der Waals surface area contributed by atoms with Crippen LogP contribution in [0.15, 0.2) is 48.8 Å². The second-order valence-corrected chi connectivity index (χ2v) is 8.35. The number of amides is 2. The van der Waals surface area contributed by atoms with Gasteiger partial charge in [-0.15, -0.1) is 5.10 Å². The van der Waals surface area contributed by atoms with Crippen LogP contribution >= 0.6 is 11.6 Å². The predicted molar refractivity (Wildman–Crippen MR) is 128 cm³/mol. The molecule has 2 N–H and O–H groups in total. The van der Waals surface area contributed by atoms with Gasteiger partial charge >= 0.3 is 0 Å². The molecule has 34 heavy (non-hydrogen) atoms. The lowest BCUT2D eigenvalue weighted by molar-refractivity contribution is -0.119. The smallest absolute Gasteiger partial charge is 0.255 e. The minimum absolute atomic E-state index is 0.247. The molecule has 0 fully saturated rings. The van der Waals surface area contributed by atoms with Gasteiger partial charge in [0.15, 0.2) is 0 Å². The van der Waals surface area contributed by atoms with Crippen LogP contribution in [0, 0.1) is 20.8 Å². The van der Waals surface area contributed by atoms with Crippen molar-refractivity contribution in [1.29, 1.82) is 0 Å². The van der Waals surface area contributed by atoms with Crippen molar-refractivity contribution in [1.82, 2.24) is 30.0 Å². The van der Waals surface area contributed by atoms with Crippen LogP contribution in [0.4, 0.5) is 11.4 Å². The summed E-state index contributed by atoms with van der Waals surface area (Å²) in [6.07, 6.45) is 1.49. The van der Waals surface area contributed by atoms with Gasteiger partial charge in [-0.3, -0.25) is 14.3 Å². The highest BCUT2D eigenvalue weighted by Gasteiger charge is 2.19. The summed E-state index contributed by atoms with van der Waals surface area (Å²) >= 11 is 6.38. The van der Waals surface area contributed by atoms with Crippen LogP contribution in [-0.4, -0.2) is 41.8 Å². The van der Waals surface area contributed by atoms with E-state index in [1.807, 2.05) is 26.8 Å². The third-order valence-electron chi connectivity index (χ3n) is 5.33. The molecule has 0 radical (unpaired) electrons. The van der Waals surface area contributed by atoms with Crippen LogP contribution in [0.3, 0.4) is 0 Å². The fourth-order valence-corrected chi connectivity index (χ4v) is 3.84. The summed E-state index contributed by atoms with van der Waals surface area (Å²) in [5, 5.41) is 21.4. The Labute approximate surface area is 200 Å². The molecule has 174 valence electrons. The Bertz CT molecular complexity index is 1360.